The van der Waals surface area contributed by atoms with Crippen molar-refractivity contribution in [3.63, 3.8) is 0 Å². The number of hydrogen-bond donors (Lipinski definition) is 0. The topological polar surface area (TPSA) is 3.88 Å². The second kappa shape index (κ2) is 1.89. The molecule has 1 rings (SSSR count). The first kappa shape index (κ1) is 4.53. The first-order valence-electron chi connectivity index (χ1n) is 1.99. The van der Waals surface area contributed by atoms with Crippen molar-refractivity contribution in [2.45, 2.75) is 0 Å². The molecule has 1 aromatic rings. The Balaban J connectivity index is 2.96. The molecule has 0 aliphatic rings. The van der Waals surface area contributed by atoms with Crippen LogP contribution in [0.2, 0.25) is 0 Å². The zero-order chi connectivity index (χ0) is 5.11. The van der Waals surface area contributed by atoms with Crippen LogP contribution < -0.4 is 4.57 Å². The maximum Gasteiger partial charge on any atom is 0.230 e. The third-order valence-electron chi connectivity index (χ3n) is 0.705. The highest BCUT2D eigenvalue weighted by atomic mass is 32.1. The molecule has 0 aliphatic carbocycles. The Labute approximate surface area is 46.5 Å². The van der Waals surface area contributed by atoms with Crippen LogP contribution in [0.25, 0.3) is 6.20 Å². The standard InChI is InChI=1S/C5H6NS/c1-2-6-3-4-7-5-6/h2-5H,1H2/q+1. The van der Waals surface area contributed by atoms with E-state index in [0.717, 1.165) is 0 Å². The number of thiazole rings is 1. The Hall–Kier alpha value is -0.630. The quantitative estimate of drug-likeness (QED) is 0.479. The summed E-state index contributed by atoms with van der Waals surface area (Å²) in [6.07, 6.45) is 3.72. The average Bonchev–Trinajstić information content (AvgIpc) is 2.14. The lowest BCUT2D eigenvalue weighted by atomic mass is 10.9. The van der Waals surface area contributed by atoms with Gasteiger partial charge in [0.05, 0.1) is 5.38 Å². The molecule has 1 nitrogen and oxygen atoms in total. The van der Waals surface area contributed by atoms with Gasteiger partial charge in [0.2, 0.25) is 5.51 Å². The predicted octanol–water partition coefficient (Wildman–Crippen LogP) is 1.14. The molecule has 0 spiro atoms. The van der Waals surface area contributed by atoms with Gasteiger partial charge < -0.3 is 0 Å². The van der Waals surface area contributed by atoms with Gasteiger partial charge in [-0.1, -0.05) is 11.3 Å². The minimum atomic E-state index is 1.66. The highest BCUT2D eigenvalue weighted by molar-refractivity contribution is 7.07. The fourth-order valence-corrected chi connectivity index (χ4v) is 0.928. The number of hydrogen-bond acceptors (Lipinski definition) is 1. The maximum absolute atomic E-state index is 3.57. The molecule has 7 heavy (non-hydrogen) atoms. The first-order valence-corrected chi connectivity index (χ1v) is 2.93. The minimum absolute atomic E-state index is 1.66. The van der Waals surface area contributed by atoms with Crippen LogP contribution in [0.15, 0.2) is 23.7 Å². The van der Waals surface area contributed by atoms with Gasteiger partial charge in [-0.05, 0) is 6.58 Å². The molecule has 0 radical (unpaired) electrons. The molecule has 0 N–H and O–H groups in total. The molecule has 0 unspecified atom stereocenters. The monoisotopic (exact) mass is 112 g/mol. The van der Waals surface area contributed by atoms with E-state index in [1.807, 2.05) is 21.7 Å². The smallest absolute Gasteiger partial charge is 0.164 e. The average molecular weight is 112 g/mol. The molecular formula is C5H6NS+. The van der Waals surface area contributed by atoms with Crippen molar-refractivity contribution in [2.24, 2.45) is 0 Å². The largest absolute Gasteiger partial charge is 0.230 e. The van der Waals surface area contributed by atoms with Crippen LogP contribution in [0.5, 0.6) is 0 Å². The Kier molecular flexibility index (Phi) is 1.22. The summed E-state index contributed by atoms with van der Waals surface area (Å²) in [5.41, 5.74) is 1.98. The van der Waals surface area contributed by atoms with Gasteiger partial charge >= 0.3 is 0 Å². The van der Waals surface area contributed by atoms with E-state index in [2.05, 4.69) is 6.58 Å². The molecule has 0 bridgehead atoms. The summed E-state index contributed by atoms with van der Waals surface area (Å²) in [5.74, 6) is 0. The molecule has 2 heteroatoms. The first-order chi connectivity index (χ1) is 3.43. The second-order valence-electron chi connectivity index (χ2n) is 1.16. The van der Waals surface area contributed by atoms with Gasteiger partial charge in [0.15, 0.2) is 12.4 Å². The van der Waals surface area contributed by atoms with Crippen LogP contribution >= 0.6 is 11.3 Å². The molecule has 0 aliphatic heterocycles. The summed E-state index contributed by atoms with van der Waals surface area (Å²) in [6.45, 7) is 3.57. The van der Waals surface area contributed by atoms with Crippen molar-refractivity contribution in [3.05, 3.63) is 23.7 Å². The van der Waals surface area contributed by atoms with Crippen molar-refractivity contribution in [3.8, 4) is 0 Å². The van der Waals surface area contributed by atoms with E-state index >= 15 is 0 Å². The van der Waals surface area contributed by atoms with E-state index < -0.39 is 0 Å². The van der Waals surface area contributed by atoms with Gasteiger partial charge in [-0.2, -0.15) is 4.57 Å². The summed E-state index contributed by atoms with van der Waals surface area (Å²) < 4.78 is 1.91. The lowest BCUT2D eigenvalue weighted by molar-refractivity contribution is -0.562. The van der Waals surface area contributed by atoms with Crippen LogP contribution in [0, 0.1) is 0 Å². The molecular weight excluding hydrogens is 106 g/mol. The Morgan fingerprint density at radius 2 is 2.57 bits per heavy atom. The van der Waals surface area contributed by atoms with Crippen molar-refractivity contribution in [1.82, 2.24) is 0 Å². The molecule has 0 amide bonds. The fraction of sp³-hybridized carbons (Fsp3) is 0. The van der Waals surface area contributed by atoms with E-state index in [1.54, 1.807) is 17.5 Å². The van der Waals surface area contributed by atoms with Crippen LogP contribution in [0.1, 0.15) is 0 Å². The zero-order valence-electron chi connectivity index (χ0n) is 3.87. The third kappa shape index (κ3) is 0.871. The lowest BCUT2D eigenvalue weighted by Crippen LogP contribution is -2.19. The summed E-state index contributed by atoms with van der Waals surface area (Å²) in [7, 11) is 0. The molecule has 36 valence electrons. The van der Waals surface area contributed by atoms with Crippen molar-refractivity contribution >= 4 is 17.5 Å². The lowest BCUT2D eigenvalue weighted by Gasteiger charge is -1.66. The van der Waals surface area contributed by atoms with E-state index in [0.29, 0.717) is 0 Å². The SMILES string of the molecule is C=C[n+]1ccsc1. The van der Waals surface area contributed by atoms with Gasteiger partial charge in [0.25, 0.3) is 0 Å². The van der Waals surface area contributed by atoms with E-state index in [1.165, 1.54) is 0 Å². The Morgan fingerprint density at radius 1 is 1.71 bits per heavy atom. The van der Waals surface area contributed by atoms with Crippen LogP contribution in [0.4, 0.5) is 0 Å². The van der Waals surface area contributed by atoms with Crippen LogP contribution in [-0.4, -0.2) is 0 Å². The van der Waals surface area contributed by atoms with Crippen LogP contribution in [0.3, 0.4) is 0 Å². The molecule has 0 saturated heterocycles. The molecule has 0 fully saturated rings. The van der Waals surface area contributed by atoms with Gasteiger partial charge in [-0.25, -0.2) is 0 Å². The fourth-order valence-electron chi connectivity index (χ4n) is 0.350. The highest BCUT2D eigenvalue weighted by Crippen LogP contribution is 1.85. The summed E-state index contributed by atoms with van der Waals surface area (Å²) in [4.78, 5) is 0. The van der Waals surface area contributed by atoms with Gasteiger partial charge in [-0.15, -0.1) is 0 Å². The van der Waals surface area contributed by atoms with Crippen molar-refractivity contribution < 1.29 is 4.57 Å². The zero-order valence-corrected chi connectivity index (χ0v) is 4.69. The maximum atomic E-state index is 3.57. The van der Waals surface area contributed by atoms with Crippen LogP contribution in [-0.2, 0) is 0 Å². The third-order valence-corrected chi connectivity index (χ3v) is 1.35. The molecule has 1 aromatic heterocycles. The highest BCUT2D eigenvalue weighted by Gasteiger charge is 1.86. The van der Waals surface area contributed by atoms with Gasteiger partial charge in [0, 0.05) is 0 Å². The molecule has 0 atom stereocenters. The molecule has 0 aromatic carbocycles. The number of aromatic nitrogens is 1. The summed E-state index contributed by atoms with van der Waals surface area (Å²) >= 11 is 1.66. The normalized spacial score (nSPS) is 8.57. The summed E-state index contributed by atoms with van der Waals surface area (Å²) in [6, 6.07) is 0. The Morgan fingerprint density at radius 3 is 2.86 bits per heavy atom. The molecule has 0 saturated carbocycles. The van der Waals surface area contributed by atoms with E-state index in [9.17, 15) is 0 Å². The van der Waals surface area contributed by atoms with E-state index in [4.69, 9.17) is 0 Å². The van der Waals surface area contributed by atoms with E-state index in [-0.39, 0.29) is 0 Å². The number of rotatable bonds is 1. The molecule has 1 heterocycles. The Bertz CT molecular complexity index is 143. The van der Waals surface area contributed by atoms with Gasteiger partial charge in [0.1, 0.15) is 0 Å². The predicted molar refractivity (Wildman–Crippen MR) is 30.9 cm³/mol. The van der Waals surface area contributed by atoms with Gasteiger partial charge in [-0.3, -0.25) is 0 Å². The summed E-state index contributed by atoms with van der Waals surface area (Å²) in [5, 5.41) is 2.00. The minimum Gasteiger partial charge on any atom is -0.164 e. The second-order valence-corrected chi connectivity index (χ2v) is 1.91. The van der Waals surface area contributed by atoms with Crippen molar-refractivity contribution in [1.29, 1.82) is 0 Å². The number of nitrogens with zero attached hydrogens (tertiary/aromatic N) is 1. The van der Waals surface area contributed by atoms with Crippen molar-refractivity contribution in [2.75, 3.05) is 0 Å².